The second kappa shape index (κ2) is 4.91. The summed E-state index contributed by atoms with van der Waals surface area (Å²) in [6.45, 7) is -0.102. The highest BCUT2D eigenvalue weighted by Gasteiger charge is 2.41. The molecule has 17 heavy (non-hydrogen) atoms. The molecular weight excluding hydrogens is 339 g/mol. The smallest absolute Gasteiger partial charge is 0.328 e. The van der Waals surface area contributed by atoms with Gasteiger partial charge >= 0.3 is 5.69 Å². The number of halogens is 1. The Hall–Kier alpha value is -0.670. The summed E-state index contributed by atoms with van der Waals surface area (Å²) in [6.07, 6.45) is 1.32. The second-order valence-electron chi connectivity index (χ2n) is 4.20. The van der Waals surface area contributed by atoms with Gasteiger partial charge in [-0.2, -0.15) is 0 Å². The summed E-state index contributed by atoms with van der Waals surface area (Å²) in [7, 11) is 0. The van der Waals surface area contributed by atoms with Crippen LogP contribution in [0.25, 0.3) is 0 Å². The maximum Gasteiger partial charge on any atom is 0.328 e. The van der Waals surface area contributed by atoms with Crippen LogP contribution in [0.2, 0.25) is 0 Å². The normalized spacial score (nSPS) is 32.9. The first-order chi connectivity index (χ1) is 8.04. The van der Waals surface area contributed by atoms with Gasteiger partial charge in [-0.05, 0) is 6.42 Å². The summed E-state index contributed by atoms with van der Waals surface area (Å²) < 4.78 is 1.26. The van der Waals surface area contributed by atoms with Gasteiger partial charge < -0.3 is 10.2 Å². The molecule has 7 heteroatoms. The van der Waals surface area contributed by atoms with Gasteiger partial charge in [-0.1, -0.05) is 22.6 Å². The van der Waals surface area contributed by atoms with Crippen molar-refractivity contribution < 1.29 is 10.2 Å². The Labute approximate surface area is 110 Å². The summed E-state index contributed by atoms with van der Waals surface area (Å²) in [4.78, 5) is 24.8. The van der Waals surface area contributed by atoms with Gasteiger partial charge in [0, 0.05) is 24.8 Å². The van der Waals surface area contributed by atoms with E-state index >= 15 is 0 Å². The predicted octanol–water partition coefficient (Wildman–Crippen LogP) is -0.746. The van der Waals surface area contributed by atoms with Crippen LogP contribution in [-0.4, -0.2) is 36.4 Å². The van der Waals surface area contributed by atoms with E-state index in [9.17, 15) is 14.7 Å². The Bertz CT molecular complexity index is 512. The van der Waals surface area contributed by atoms with Crippen molar-refractivity contribution >= 4 is 22.6 Å². The van der Waals surface area contributed by atoms with Crippen molar-refractivity contribution in [2.24, 2.45) is 5.92 Å². The predicted molar refractivity (Wildman–Crippen MR) is 69.4 cm³/mol. The molecule has 1 fully saturated rings. The zero-order valence-corrected chi connectivity index (χ0v) is 11.1. The molecule has 3 N–H and O–H groups in total. The first-order valence-electron chi connectivity index (χ1n) is 5.29. The van der Waals surface area contributed by atoms with E-state index in [1.54, 1.807) is 0 Å². The molecule has 1 aliphatic rings. The highest BCUT2D eigenvalue weighted by molar-refractivity contribution is 14.1. The third-order valence-corrected chi connectivity index (χ3v) is 4.73. The van der Waals surface area contributed by atoms with E-state index in [1.165, 1.54) is 16.8 Å². The summed E-state index contributed by atoms with van der Waals surface area (Å²) >= 11 is 2.07. The fourth-order valence-electron chi connectivity index (χ4n) is 2.21. The molecule has 1 unspecified atom stereocenters. The first kappa shape index (κ1) is 12.8. The average molecular weight is 352 g/mol. The van der Waals surface area contributed by atoms with Crippen LogP contribution in [0.4, 0.5) is 0 Å². The Morgan fingerprint density at radius 1 is 1.53 bits per heavy atom. The number of aliphatic hydroxyl groups is 2. The minimum absolute atomic E-state index is 0.102. The number of alkyl halides is 1. The molecule has 0 saturated heterocycles. The molecular formula is C10H13IN2O4. The number of aromatic nitrogens is 2. The van der Waals surface area contributed by atoms with Crippen molar-refractivity contribution in [3.05, 3.63) is 33.1 Å². The van der Waals surface area contributed by atoms with Crippen LogP contribution in [0.15, 0.2) is 21.9 Å². The molecule has 1 aromatic heterocycles. The van der Waals surface area contributed by atoms with Crippen molar-refractivity contribution in [3.63, 3.8) is 0 Å². The Balaban J connectivity index is 2.35. The molecule has 94 valence electrons. The summed E-state index contributed by atoms with van der Waals surface area (Å²) in [6, 6.07) is 1.08. The highest BCUT2D eigenvalue weighted by atomic mass is 127. The number of nitrogens with one attached hydrogen (secondary N) is 1. The quantitative estimate of drug-likeness (QED) is 0.482. The summed E-state index contributed by atoms with van der Waals surface area (Å²) in [5.74, 6) is -0.222. The average Bonchev–Trinajstić information content (AvgIpc) is 2.57. The molecule has 1 aromatic rings. The number of aliphatic hydroxyl groups excluding tert-OH is 2. The lowest BCUT2D eigenvalue weighted by molar-refractivity contribution is 0.0960. The Morgan fingerprint density at radius 2 is 2.24 bits per heavy atom. The van der Waals surface area contributed by atoms with Gasteiger partial charge in [0.25, 0.3) is 5.56 Å². The van der Waals surface area contributed by atoms with Crippen LogP contribution in [-0.2, 0) is 0 Å². The molecule has 1 saturated carbocycles. The van der Waals surface area contributed by atoms with Crippen LogP contribution in [0.1, 0.15) is 12.5 Å². The molecule has 0 aromatic carbocycles. The fraction of sp³-hybridized carbons (Fsp3) is 0.600. The zero-order chi connectivity index (χ0) is 12.6. The standard InChI is InChI=1S/C10H13IN2O4/c11-8-6(3-5(4-14)9(8)16)13-2-1-7(15)12-10(13)17/h1-2,5-6,8-9,14,16H,3-4H2,(H,12,15,17)/t5-,6-,8-,9?/m1/s1. The number of hydrogen-bond acceptors (Lipinski definition) is 4. The fourth-order valence-corrected chi connectivity index (χ4v) is 3.43. The molecule has 0 spiro atoms. The minimum atomic E-state index is -0.635. The van der Waals surface area contributed by atoms with Gasteiger partial charge in [0.1, 0.15) is 0 Å². The van der Waals surface area contributed by atoms with Crippen LogP contribution in [0, 0.1) is 5.92 Å². The van der Waals surface area contributed by atoms with Gasteiger partial charge in [-0.25, -0.2) is 4.79 Å². The Kier molecular flexibility index (Phi) is 3.69. The number of nitrogens with zero attached hydrogens (tertiary/aromatic N) is 1. The van der Waals surface area contributed by atoms with Crippen molar-refractivity contribution in [3.8, 4) is 0 Å². The molecule has 0 aliphatic heterocycles. The molecule has 2 rings (SSSR count). The second-order valence-corrected chi connectivity index (χ2v) is 5.64. The van der Waals surface area contributed by atoms with Gasteiger partial charge in [0.2, 0.25) is 0 Å². The largest absolute Gasteiger partial charge is 0.396 e. The van der Waals surface area contributed by atoms with E-state index in [0.29, 0.717) is 6.42 Å². The number of rotatable bonds is 2. The van der Waals surface area contributed by atoms with Gasteiger partial charge in [0.15, 0.2) is 0 Å². The lowest BCUT2D eigenvalue weighted by Crippen LogP contribution is -2.34. The lowest BCUT2D eigenvalue weighted by atomic mass is 10.1. The van der Waals surface area contributed by atoms with E-state index < -0.39 is 17.4 Å². The topological polar surface area (TPSA) is 95.3 Å². The van der Waals surface area contributed by atoms with Crippen molar-refractivity contribution in [1.29, 1.82) is 0 Å². The van der Waals surface area contributed by atoms with Gasteiger partial charge in [-0.15, -0.1) is 0 Å². The Morgan fingerprint density at radius 3 is 2.76 bits per heavy atom. The van der Waals surface area contributed by atoms with Crippen LogP contribution >= 0.6 is 22.6 Å². The van der Waals surface area contributed by atoms with E-state index in [4.69, 9.17) is 5.11 Å². The lowest BCUT2D eigenvalue weighted by Gasteiger charge is -2.17. The maximum atomic E-state index is 11.6. The van der Waals surface area contributed by atoms with Crippen LogP contribution < -0.4 is 11.2 Å². The number of H-pyrrole nitrogens is 1. The SMILES string of the molecule is O=c1ccn([C@@H]2C[C@H](CO)C(O)[C@@H]2I)c(=O)[nH]1. The first-order valence-corrected chi connectivity index (χ1v) is 6.53. The third-order valence-electron chi connectivity index (χ3n) is 3.16. The summed E-state index contributed by atoms with van der Waals surface area (Å²) in [5, 5.41) is 19.0. The minimum Gasteiger partial charge on any atom is -0.396 e. The molecule has 0 amide bonds. The molecule has 6 nitrogen and oxygen atoms in total. The van der Waals surface area contributed by atoms with E-state index in [2.05, 4.69) is 27.6 Å². The molecule has 0 bridgehead atoms. The molecule has 4 atom stereocenters. The van der Waals surface area contributed by atoms with Crippen LogP contribution in [0.5, 0.6) is 0 Å². The monoisotopic (exact) mass is 352 g/mol. The number of aromatic amines is 1. The van der Waals surface area contributed by atoms with E-state index in [-0.39, 0.29) is 22.5 Å². The van der Waals surface area contributed by atoms with Crippen molar-refractivity contribution in [2.75, 3.05) is 6.61 Å². The molecule has 0 radical (unpaired) electrons. The number of hydrogen-bond donors (Lipinski definition) is 3. The third kappa shape index (κ3) is 2.31. The highest BCUT2D eigenvalue weighted by Crippen LogP contribution is 2.38. The maximum absolute atomic E-state index is 11.6. The van der Waals surface area contributed by atoms with Gasteiger partial charge in [0.05, 0.1) is 16.1 Å². The van der Waals surface area contributed by atoms with Crippen LogP contribution in [0.3, 0.4) is 0 Å². The van der Waals surface area contributed by atoms with Crippen molar-refractivity contribution in [1.82, 2.24) is 9.55 Å². The van der Waals surface area contributed by atoms with E-state index in [1.807, 2.05) is 0 Å². The van der Waals surface area contributed by atoms with Crippen molar-refractivity contribution in [2.45, 2.75) is 22.5 Å². The molecule has 1 aliphatic carbocycles. The molecule has 1 heterocycles. The van der Waals surface area contributed by atoms with Gasteiger partial charge in [-0.3, -0.25) is 14.3 Å². The summed E-state index contributed by atoms with van der Waals surface area (Å²) in [5.41, 5.74) is -0.913. The zero-order valence-electron chi connectivity index (χ0n) is 8.91. The van der Waals surface area contributed by atoms with E-state index in [0.717, 1.165) is 0 Å².